The Bertz CT molecular complexity index is 558. The number of carbonyl (C=O) groups excluding carboxylic acids is 1. The number of urea groups is 1. The zero-order chi connectivity index (χ0) is 17.6. The molecule has 2 aliphatic heterocycles. The molecule has 3 rings (SSSR count). The van der Waals surface area contributed by atoms with Gasteiger partial charge in [0.2, 0.25) is 0 Å². The molecular weight excluding hydrogens is 318 g/mol. The number of nitrogens with zero attached hydrogens (tertiary/aromatic N) is 2. The van der Waals surface area contributed by atoms with Crippen molar-refractivity contribution in [3.05, 3.63) is 29.8 Å². The number of hydrogen-bond acceptors (Lipinski definition) is 4. The summed E-state index contributed by atoms with van der Waals surface area (Å²) in [6.45, 7) is 6.93. The summed E-state index contributed by atoms with van der Waals surface area (Å²) in [6, 6.07) is 8.44. The topological polar surface area (TPSA) is 54.0 Å². The number of hydrogen-bond donors (Lipinski definition) is 1. The molecule has 6 heteroatoms. The van der Waals surface area contributed by atoms with Crippen LogP contribution < -0.4 is 10.2 Å². The minimum Gasteiger partial charge on any atom is -0.380 e. The molecule has 1 aromatic carbocycles. The number of rotatable bonds is 4. The lowest BCUT2D eigenvalue weighted by atomic mass is 10.1. The summed E-state index contributed by atoms with van der Waals surface area (Å²) in [5.74, 6) is 0. The Kier molecular flexibility index (Phi) is 6.15. The normalized spacial score (nSPS) is 22.6. The van der Waals surface area contributed by atoms with Gasteiger partial charge in [0.05, 0.1) is 25.4 Å². The van der Waals surface area contributed by atoms with Gasteiger partial charge in [-0.15, -0.1) is 0 Å². The molecule has 0 unspecified atom stereocenters. The van der Waals surface area contributed by atoms with E-state index >= 15 is 0 Å². The third-order valence-corrected chi connectivity index (χ3v) is 5.11. The summed E-state index contributed by atoms with van der Waals surface area (Å²) >= 11 is 0. The van der Waals surface area contributed by atoms with Gasteiger partial charge in [-0.25, -0.2) is 4.79 Å². The fourth-order valence-corrected chi connectivity index (χ4v) is 3.47. The predicted molar refractivity (Wildman–Crippen MR) is 98.0 cm³/mol. The lowest BCUT2D eigenvalue weighted by molar-refractivity contribution is 0.0431. The first-order valence-corrected chi connectivity index (χ1v) is 9.18. The fourth-order valence-electron chi connectivity index (χ4n) is 3.47. The second-order valence-corrected chi connectivity index (χ2v) is 6.81. The van der Waals surface area contributed by atoms with Gasteiger partial charge in [0, 0.05) is 39.0 Å². The second-order valence-electron chi connectivity index (χ2n) is 6.81. The average Bonchev–Trinajstić information content (AvgIpc) is 2.68. The predicted octanol–water partition coefficient (Wildman–Crippen LogP) is 2.40. The van der Waals surface area contributed by atoms with E-state index in [1.807, 2.05) is 11.8 Å². The summed E-state index contributed by atoms with van der Waals surface area (Å²) in [4.78, 5) is 16.7. The number of methoxy groups -OCH3 is 1. The van der Waals surface area contributed by atoms with Crippen molar-refractivity contribution in [3.8, 4) is 0 Å². The molecule has 0 aliphatic carbocycles. The van der Waals surface area contributed by atoms with Gasteiger partial charge < -0.3 is 24.6 Å². The van der Waals surface area contributed by atoms with Gasteiger partial charge in [-0.05, 0) is 37.5 Å². The second kappa shape index (κ2) is 8.54. The maximum absolute atomic E-state index is 12.5. The molecule has 0 aromatic heterocycles. The SMILES string of the molecule is CO[C@H]1CCCN(C(=O)N[C@@H](C)c2ccc(N3CCOCC3)cc2)C1. The number of benzene rings is 1. The van der Waals surface area contributed by atoms with E-state index in [-0.39, 0.29) is 18.2 Å². The van der Waals surface area contributed by atoms with Crippen molar-refractivity contribution in [2.75, 3.05) is 51.4 Å². The van der Waals surface area contributed by atoms with Crippen LogP contribution in [0.3, 0.4) is 0 Å². The van der Waals surface area contributed by atoms with Gasteiger partial charge >= 0.3 is 6.03 Å². The molecule has 2 atom stereocenters. The lowest BCUT2D eigenvalue weighted by Crippen LogP contribution is -2.48. The van der Waals surface area contributed by atoms with Crippen LogP contribution in [0.5, 0.6) is 0 Å². The molecule has 1 aromatic rings. The van der Waals surface area contributed by atoms with Gasteiger partial charge in [0.15, 0.2) is 0 Å². The first-order valence-electron chi connectivity index (χ1n) is 9.18. The van der Waals surface area contributed by atoms with E-state index in [1.54, 1.807) is 7.11 Å². The monoisotopic (exact) mass is 347 g/mol. The Morgan fingerprint density at radius 2 is 1.96 bits per heavy atom. The van der Waals surface area contributed by atoms with Crippen molar-refractivity contribution in [1.82, 2.24) is 10.2 Å². The van der Waals surface area contributed by atoms with E-state index in [0.29, 0.717) is 6.54 Å². The van der Waals surface area contributed by atoms with E-state index in [1.165, 1.54) is 5.69 Å². The molecule has 2 aliphatic rings. The average molecular weight is 347 g/mol. The fraction of sp³-hybridized carbons (Fsp3) is 0.632. The van der Waals surface area contributed by atoms with Gasteiger partial charge in [-0.3, -0.25) is 0 Å². The smallest absolute Gasteiger partial charge is 0.317 e. The number of carbonyl (C=O) groups is 1. The largest absolute Gasteiger partial charge is 0.380 e. The number of anilines is 1. The summed E-state index contributed by atoms with van der Waals surface area (Å²) < 4.78 is 10.8. The Morgan fingerprint density at radius 3 is 2.64 bits per heavy atom. The molecule has 2 saturated heterocycles. The van der Waals surface area contributed by atoms with Gasteiger partial charge in [0.25, 0.3) is 0 Å². The lowest BCUT2D eigenvalue weighted by Gasteiger charge is -2.33. The molecule has 0 bridgehead atoms. The third-order valence-electron chi connectivity index (χ3n) is 5.11. The highest BCUT2D eigenvalue weighted by Gasteiger charge is 2.24. The van der Waals surface area contributed by atoms with Crippen molar-refractivity contribution < 1.29 is 14.3 Å². The number of likely N-dealkylation sites (tertiary alicyclic amines) is 1. The van der Waals surface area contributed by atoms with Gasteiger partial charge in [0.1, 0.15) is 0 Å². The molecule has 6 nitrogen and oxygen atoms in total. The Morgan fingerprint density at radius 1 is 1.24 bits per heavy atom. The van der Waals surface area contributed by atoms with E-state index in [9.17, 15) is 4.79 Å². The number of ether oxygens (including phenoxy) is 2. The Balaban J connectivity index is 1.55. The molecular formula is C19H29N3O3. The van der Waals surface area contributed by atoms with Crippen LogP contribution in [-0.2, 0) is 9.47 Å². The van der Waals surface area contributed by atoms with E-state index in [4.69, 9.17) is 9.47 Å². The zero-order valence-electron chi connectivity index (χ0n) is 15.2. The van der Waals surface area contributed by atoms with Gasteiger partial charge in [-0.1, -0.05) is 12.1 Å². The first-order chi connectivity index (χ1) is 12.2. The van der Waals surface area contributed by atoms with Crippen LogP contribution in [-0.4, -0.2) is 63.5 Å². The third kappa shape index (κ3) is 4.64. The highest BCUT2D eigenvalue weighted by atomic mass is 16.5. The number of amides is 2. The molecule has 1 N–H and O–H groups in total. The number of morpholine rings is 1. The molecule has 0 radical (unpaired) electrons. The summed E-state index contributed by atoms with van der Waals surface area (Å²) in [5, 5.41) is 3.11. The molecule has 0 spiro atoms. The van der Waals surface area contributed by atoms with Crippen LogP contribution in [0.4, 0.5) is 10.5 Å². The van der Waals surface area contributed by atoms with Crippen LogP contribution in [0.1, 0.15) is 31.4 Å². The highest BCUT2D eigenvalue weighted by molar-refractivity contribution is 5.75. The van der Waals surface area contributed by atoms with Crippen LogP contribution >= 0.6 is 0 Å². The van der Waals surface area contributed by atoms with Crippen LogP contribution in [0.2, 0.25) is 0 Å². The molecule has 2 heterocycles. The maximum atomic E-state index is 12.5. The molecule has 2 amide bonds. The van der Waals surface area contributed by atoms with Crippen molar-refractivity contribution in [3.63, 3.8) is 0 Å². The molecule has 138 valence electrons. The van der Waals surface area contributed by atoms with Crippen LogP contribution in [0.15, 0.2) is 24.3 Å². The number of piperidine rings is 1. The van der Waals surface area contributed by atoms with Crippen molar-refractivity contribution in [2.24, 2.45) is 0 Å². The zero-order valence-corrected chi connectivity index (χ0v) is 15.2. The van der Waals surface area contributed by atoms with E-state index in [2.05, 4.69) is 34.5 Å². The molecule has 2 fully saturated rings. The van der Waals surface area contributed by atoms with Crippen molar-refractivity contribution in [2.45, 2.75) is 31.9 Å². The molecule has 0 saturated carbocycles. The first kappa shape index (κ1) is 18.0. The Hall–Kier alpha value is -1.79. The minimum absolute atomic E-state index is 0.00786. The Labute approximate surface area is 150 Å². The summed E-state index contributed by atoms with van der Waals surface area (Å²) in [5.41, 5.74) is 2.33. The van der Waals surface area contributed by atoms with E-state index < -0.39 is 0 Å². The van der Waals surface area contributed by atoms with Crippen LogP contribution in [0, 0.1) is 0 Å². The summed E-state index contributed by atoms with van der Waals surface area (Å²) in [7, 11) is 1.71. The maximum Gasteiger partial charge on any atom is 0.317 e. The quantitative estimate of drug-likeness (QED) is 0.909. The van der Waals surface area contributed by atoms with Crippen molar-refractivity contribution in [1.29, 1.82) is 0 Å². The minimum atomic E-state index is -0.0193. The standard InChI is InChI=1S/C19H29N3O3/c1-15(20-19(23)22-9-3-4-18(14-22)24-2)16-5-7-17(8-6-16)21-10-12-25-13-11-21/h5-8,15,18H,3-4,9-14H2,1-2H3,(H,20,23)/t15-,18-/m0/s1. The molecule has 25 heavy (non-hydrogen) atoms. The van der Waals surface area contributed by atoms with Crippen LogP contribution in [0.25, 0.3) is 0 Å². The van der Waals surface area contributed by atoms with Gasteiger partial charge in [-0.2, -0.15) is 0 Å². The highest BCUT2D eigenvalue weighted by Crippen LogP contribution is 2.21. The van der Waals surface area contributed by atoms with Crippen molar-refractivity contribution >= 4 is 11.7 Å². The number of nitrogens with one attached hydrogen (secondary N) is 1. The van der Waals surface area contributed by atoms with E-state index in [0.717, 1.165) is 51.3 Å². The summed E-state index contributed by atoms with van der Waals surface area (Å²) in [6.07, 6.45) is 2.18.